The Kier molecular flexibility index (Phi) is 4.82. The van der Waals surface area contributed by atoms with Gasteiger partial charge in [0.15, 0.2) is 0 Å². The molecule has 2 nitrogen and oxygen atoms in total. The molecule has 0 spiro atoms. The average molecular weight is 331 g/mol. The van der Waals surface area contributed by atoms with E-state index in [1.807, 2.05) is 18.2 Å². The van der Waals surface area contributed by atoms with Crippen LogP contribution in [-0.4, -0.2) is 6.04 Å². The number of fused-ring (bicyclic) bond motifs is 1. The maximum absolute atomic E-state index is 6.16. The van der Waals surface area contributed by atoms with Crippen molar-refractivity contribution in [1.29, 1.82) is 0 Å². The Bertz CT molecular complexity index is 618. The molecule has 0 radical (unpaired) electrons. The van der Waals surface area contributed by atoms with Crippen LogP contribution in [0.4, 0.5) is 0 Å². The van der Waals surface area contributed by atoms with Crippen molar-refractivity contribution < 1.29 is 4.74 Å². The second-order valence-corrected chi connectivity index (χ2v) is 5.50. The van der Waals surface area contributed by atoms with Crippen LogP contribution in [0.5, 0.6) is 5.75 Å². The summed E-state index contributed by atoms with van der Waals surface area (Å²) in [5.74, 6) is 0.687. The van der Waals surface area contributed by atoms with Gasteiger partial charge in [-0.3, -0.25) is 0 Å². The minimum absolute atomic E-state index is 0. The van der Waals surface area contributed by atoms with Gasteiger partial charge in [-0.1, -0.05) is 47.5 Å². The quantitative estimate of drug-likeness (QED) is 0.884. The summed E-state index contributed by atoms with van der Waals surface area (Å²) in [7, 11) is 0. The molecule has 0 unspecified atom stereocenters. The van der Waals surface area contributed by atoms with E-state index in [4.69, 9.17) is 33.7 Å². The van der Waals surface area contributed by atoms with Crippen LogP contribution in [-0.2, 0) is 6.42 Å². The highest BCUT2D eigenvalue weighted by molar-refractivity contribution is 6.42. The predicted molar refractivity (Wildman–Crippen MR) is 85.2 cm³/mol. The molecule has 0 bridgehead atoms. The van der Waals surface area contributed by atoms with E-state index in [0.717, 1.165) is 12.0 Å². The third-order valence-corrected chi connectivity index (χ3v) is 4.10. The summed E-state index contributed by atoms with van der Waals surface area (Å²) in [6, 6.07) is 13.4. The first-order valence-corrected chi connectivity index (χ1v) is 6.86. The van der Waals surface area contributed by atoms with Gasteiger partial charge in [0.25, 0.3) is 0 Å². The standard InChI is InChI=1S/C15H13Cl2NO.ClH/c16-12-6-5-10(8-13(12)17)19-15-11-4-2-1-3-9(11)7-14(15)18;/h1-6,8,14-15H,7,18H2;1H/t14-,15+;/m0./s1. The summed E-state index contributed by atoms with van der Waals surface area (Å²) in [4.78, 5) is 0. The van der Waals surface area contributed by atoms with Gasteiger partial charge < -0.3 is 10.5 Å². The van der Waals surface area contributed by atoms with Gasteiger partial charge in [-0.05, 0) is 29.7 Å². The third kappa shape index (κ3) is 2.89. The topological polar surface area (TPSA) is 35.2 Å². The van der Waals surface area contributed by atoms with Crippen molar-refractivity contribution in [2.75, 3.05) is 0 Å². The van der Waals surface area contributed by atoms with Crippen LogP contribution in [0.1, 0.15) is 17.2 Å². The summed E-state index contributed by atoms with van der Waals surface area (Å²) in [6.45, 7) is 0. The molecule has 0 fully saturated rings. The summed E-state index contributed by atoms with van der Waals surface area (Å²) < 4.78 is 5.98. The largest absolute Gasteiger partial charge is 0.484 e. The van der Waals surface area contributed by atoms with Crippen molar-refractivity contribution in [3.05, 3.63) is 63.6 Å². The number of hydrogen-bond acceptors (Lipinski definition) is 2. The molecule has 0 saturated heterocycles. The highest BCUT2D eigenvalue weighted by Gasteiger charge is 2.31. The molecule has 0 amide bonds. The smallest absolute Gasteiger partial charge is 0.139 e. The molecule has 0 aromatic heterocycles. The van der Waals surface area contributed by atoms with Crippen molar-refractivity contribution in [1.82, 2.24) is 0 Å². The second kappa shape index (κ2) is 6.23. The fraction of sp³-hybridized carbons (Fsp3) is 0.200. The van der Waals surface area contributed by atoms with Gasteiger partial charge in [-0.15, -0.1) is 12.4 Å². The van der Waals surface area contributed by atoms with E-state index in [2.05, 4.69) is 12.1 Å². The van der Waals surface area contributed by atoms with Crippen LogP contribution in [0.15, 0.2) is 42.5 Å². The van der Waals surface area contributed by atoms with E-state index in [1.54, 1.807) is 12.1 Å². The molecule has 0 aliphatic heterocycles. The van der Waals surface area contributed by atoms with E-state index in [1.165, 1.54) is 5.56 Å². The van der Waals surface area contributed by atoms with Gasteiger partial charge in [0.05, 0.1) is 10.0 Å². The van der Waals surface area contributed by atoms with Gasteiger partial charge in [0, 0.05) is 12.1 Å². The van der Waals surface area contributed by atoms with Crippen LogP contribution in [0, 0.1) is 0 Å². The number of hydrogen-bond donors (Lipinski definition) is 1. The van der Waals surface area contributed by atoms with E-state index >= 15 is 0 Å². The van der Waals surface area contributed by atoms with E-state index in [-0.39, 0.29) is 24.6 Å². The highest BCUT2D eigenvalue weighted by Crippen LogP contribution is 2.35. The van der Waals surface area contributed by atoms with Crippen LogP contribution in [0.25, 0.3) is 0 Å². The lowest BCUT2D eigenvalue weighted by atomic mass is 10.1. The Morgan fingerprint density at radius 3 is 2.55 bits per heavy atom. The lowest BCUT2D eigenvalue weighted by Gasteiger charge is -2.19. The monoisotopic (exact) mass is 329 g/mol. The first-order chi connectivity index (χ1) is 9.15. The van der Waals surface area contributed by atoms with Crippen molar-refractivity contribution in [2.24, 2.45) is 5.73 Å². The van der Waals surface area contributed by atoms with Gasteiger partial charge in [0.2, 0.25) is 0 Å². The molecule has 2 N–H and O–H groups in total. The second-order valence-electron chi connectivity index (χ2n) is 4.68. The van der Waals surface area contributed by atoms with Gasteiger partial charge >= 0.3 is 0 Å². The van der Waals surface area contributed by atoms with Crippen LogP contribution in [0.2, 0.25) is 10.0 Å². The zero-order valence-electron chi connectivity index (χ0n) is 10.6. The molecule has 106 valence electrons. The third-order valence-electron chi connectivity index (χ3n) is 3.36. The molecule has 1 aliphatic carbocycles. The van der Waals surface area contributed by atoms with Crippen LogP contribution in [0.3, 0.4) is 0 Å². The molecule has 3 rings (SSSR count). The average Bonchev–Trinajstić information content (AvgIpc) is 2.71. The van der Waals surface area contributed by atoms with E-state index < -0.39 is 0 Å². The van der Waals surface area contributed by atoms with Crippen molar-refractivity contribution >= 4 is 35.6 Å². The number of benzene rings is 2. The normalized spacial score (nSPS) is 20.1. The maximum Gasteiger partial charge on any atom is 0.139 e. The van der Waals surface area contributed by atoms with Gasteiger partial charge in [0.1, 0.15) is 11.9 Å². The Balaban J connectivity index is 0.00000147. The molecule has 1 aliphatic rings. The lowest BCUT2D eigenvalue weighted by Crippen LogP contribution is -2.28. The zero-order valence-corrected chi connectivity index (χ0v) is 12.9. The molecule has 0 heterocycles. The molecular formula is C15H14Cl3NO. The fourth-order valence-electron chi connectivity index (χ4n) is 2.44. The first kappa shape index (κ1) is 15.5. The first-order valence-electron chi connectivity index (χ1n) is 6.10. The predicted octanol–water partition coefficient (Wildman–Crippen LogP) is 4.42. The summed E-state index contributed by atoms with van der Waals surface area (Å²) in [5.41, 5.74) is 8.56. The Labute approximate surface area is 134 Å². The highest BCUT2D eigenvalue weighted by atomic mass is 35.5. The zero-order chi connectivity index (χ0) is 13.4. The number of halogens is 3. The molecule has 0 saturated carbocycles. The molecule has 20 heavy (non-hydrogen) atoms. The molecule has 2 aromatic carbocycles. The van der Waals surface area contributed by atoms with Crippen LogP contribution < -0.4 is 10.5 Å². The van der Waals surface area contributed by atoms with Crippen LogP contribution >= 0.6 is 35.6 Å². The maximum atomic E-state index is 6.16. The summed E-state index contributed by atoms with van der Waals surface area (Å²) in [5, 5.41) is 1.00. The Hall–Kier alpha value is -0.930. The lowest BCUT2D eigenvalue weighted by molar-refractivity contribution is 0.186. The summed E-state index contributed by atoms with van der Waals surface area (Å²) >= 11 is 11.9. The molecular weight excluding hydrogens is 317 g/mol. The molecule has 5 heteroatoms. The Morgan fingerprint density at radius 2 is 1.80 bits per heavy atom. The minimum Gasteiger partial charge on any atom is -0.484 e. The Morgan fingerprint density at radius 1 is 1.05 bits per heavy atom. The molecule has 2 atom stereocenters. The summed E-state index contributed by atoms with van der Waals surface area (Å²) in [6.07, 6.45) is 0.704. The van der Waals surface area contributed by atoms with Gasteiger partial charge in [-0.25, -0.2) is 0 Å². The van der Waals surface area contributed by atoms with Crippen molar-refractivity contribution in [2.45, 2.75) is 18.6 Å². The SMILES string of the molecule is Cl.N[C@H]1Cc2ccccc2[C@H]1Oc1ccc(Cl)c(Cl)c1. The number of ether oxygens (including phenoxy) is 1. The van der Waals surface area contributed by atoms with E-state index in [0.29, 0.717) is 15.8 Å². The number of nitrogens with two attached hydrogens (primary N) is 1. The van der Waals surface area contributed by atoms with Gasteiger partial charge in [-0.2, -0.15) is 0 Å². The van der Waals surface area contributed by atoms with Crippen molar-refractivity contribution in [3.63, 3.8) is 0 Å². The molecule has 2 aromatic rings. The fourth-order valence-corrected chi connectivity index (χ4v) is 2.72. The van der Waals surface area contributed by atoms with Crippen molar-refractivity contribution in [3.8, 4) is 5.75 Å². The number of rotatable bonds is 2. The van der Waals surface area contributed by atoms with E-state index in [9.17, 15) is 0 Å². The minimum atomic E-state index is -0.131.